The summed E-state index contributed by atoms with van der Waals surface area (Å²) in [6, 6.07) is 4.23. The minimum absolute atomic E-state index is 1.06. The van der Waals surface area contributed by atoms with Crippen LogP contribution in [0.4, 0.5) is 0 Å². The third-order valence-electron chi connectivity index (χ3n) is 3.31. The first-order valence-corrected chi connectivity index (χ1v) is 7.64. The van der Waals surface area contributed by atoms with Gasteiger partial charge >= 0.3 is 0 Å². The lowest BCUT2D eigenvalue weighted by Gasteiger charge is -1.97. The molecule has 0 fully saturated rings. The number of fused-ring (bicyclic) bond motifs is 1. The van der Waals surface area contributed by atoms with Gasteiger partial charge < -0.3 is 4.98 Å². The van der Waals surface area contributed by atoms with Crippen LogP contribution in [0.15, 0.2) is 16.6 Å². The average molecular weight is 309 g/mol. The molecule has 0 atom stereocenters. The van der Waals surface area contributed by atoms with Crippen molar-refractivity contribution in [1.29, 1.82) is 0 Å². The van der Waals surface area contributed by atoms with E-state index in [9.17, 15) is 0 Å². The lowest BCUT2D eigenvalue weighted by atomic mass is 10.1. The molecular formula is C15H21BrN2. The summed E-state index contributed by atoms with van der Waals surface area (Å²) in [5, 5.41) is 0. The van der Waals surface area contributed by atoms with Crippen LogP contribution in [0.3, 0.4) is 0 Å². The molecule has 1 heterocycles. The van der Waals surface area contributed by atoms with E-state index in [-0.39, 0.29) is 0 Å². The quantitative estimate of drug-likeness (QED) is 0.735. The molecule has 2 aromatic rings. The molecule has 0 saturated heterocycles. The maximum Gasteiger partial charge on any atom is 0.107 e. The van der Waals surface area contributed by atoms with E-state index >= 15 is 0 Å². The Balaban J connectivity index is 2.00. The summed E-state index contributed by atoms with van der Waals surface area (Å²) in [5.74, 6) is 1.13. The summed E-state index contributed by atoms with van der Waals surface area (Å²) in [6.45, 7) is 4.36. The number of unbranched alkanes of at least 4 members (excludes halogenated alkanes) is 4. The Kier molecular flexibility index (Phi) is 4.81. The Morgan fingerprint density at radius 1 is 1.17 bits per heavy atom. The van der Waals surface area contributed by atoms with E-state index in [1.54, 1.807) is 0 Å². The lowest BCUT2D eigenvalue weighted by molar-refractivity contribution is 0.625. The zero-order chi connectivity index (χ0) is 13.0. The van der Waals surface area contributed by atoms with E-state index in [1.165, 1.54) is 37.7 Å². The molecule has 3 heteroatoms. The van der Waals surface area contributed by atoms with Gasteiger partial charge in [0, 0.05) is 10.9 Å². The second kappa shape index (κ2) is 6.37. The van der Waals surface area contributed by atoms with E-state index in [0.29, 0.717) is 0 Å². The van der Waals surface area contributed by atoms with Crippen molar-refractivity contribution in [1.82, 2.24) is 9.97 Å². The molecule has 98 valence electrons. The second-order valence-electron chi connectivity index (χ2n) is 4.97. The molecule has 0 bridgehead atoms. The largest absolute Gasteiger partial charge is 0.342 e. The Morgan fingerprint density at radius 3 is 2.72 bits per heavy atom. The second-order valence-corrected chi connectivity index (χ2v) is 5.88. The predicted octanol–water partition coefficient (Wildman–Crippen LogP) is 5.15. The van der Waals surface area contributed by atoms with Gasteiger partial charge in [-0.15, -0.1) is 0 Å². The van der Waals surface area contributed by atoms with Gasteiger partial charge in [-0.05, 0) is 31.0 Å². The molecule has 0 radical (unpaired) electrons. The molecular weight excluding hydrogens is 288 g/mol. The Morgan fingerprint density at radius 2 is 1.94 bits per heavy atom. The van der Waals surface area contributed by atoms with E-state index in [0.717, 1.165) is 27.8 Å². The van der Waals surface area contributed by atoms with Gasteiger partial charge in [0.2, 0.25) is 0 Å². The predicted molar refractivity (Wildman–Crippen MR) is 81.0 cm³/mol. The summed E-state index contributed by atoms with van der Waals surface area (Å²) in [5.41, 5.74) is 3.49. The number of aromatic nitrogens is 2. The number of halogens is 1. The van der Waals surface area contributed by atoms with Gasteiger partial charge in [0.25, 0.3) is 0 Å². The summed E-state index contributed by atoms with van der Waals surface area (Å²) in [6.07, 6.45) is 7.62. The highest BCUT2D eigenvalue weighted by Gasteiger charge is 2.06. The lowest BCUT2D eigenvalue weighted by Crippen LogP contribution is -1.88. The van der Waals surface area contributed by atoms with Crippen molar-refractivity contribution in [3.8, 4) is 0 Å². The SMILES string of the molecule is CCCCCCCc1nc2c(C)cc(Br)cc2[nH]1. The molecule has 2 rings (SSSR count). The highest BCUT2D eigenvalue weighted by atomic mass is 79.9. The van der Waals surface area contributed by atoms with Crippen molar-refractivity contribution >= 4 is 27.0 Å². The van der Waals surface area contributed by atoms with Crippen LogP contribution in [-0.4, -0.2) is 9.97 Å². The van der Waals surface area contributed by atoms with Gasteiger partial charge in [0.05, 0.1) is 11.0 Å². The van der Waals surface area contributed by atoms with Crippen LogP contribution in [0.2, 0.25) is 0 Å². The fraction of sp³-hybridized carbons (Fsp3) is 0.533. The number of aryl methyl sites for hydroxylation is 2. The minimum Gasteiger partial charge on any atom is -0.342 e. The molecule has 0 unspecified atom stereocenters. The number of benzene rings is 1. The fourth-order valence-electron chi connectivity index (χ4n) is 2.31. The zero-order valence-corrected chi connectivity index (χ0v) is 12.8. The van der Waals surface area contributed by atoms with Crippen LogP contribution in [0.1, 0.15) is 50.4 Å². The van der Waals surface area contributed by atoms with Crippen LogP contribution in [0, 0.1) is 6.92 Å². The van der Waals surface area contributed by atoms with Crippen molar-refractivity contribution in [3.05, 3.63) is 28.0 Å². The molecule has 18 heavy (non-hydrogen) atoms. The van der Waals surface area contributed by atoms with Crippen molar-refractivity contribution in [2.45, 2.75) is 52.4 Å². The van der Waals surface area contributed by atoms with Crippen LogP contribution >= 0.6 is 15.9 Å². The third kappa shape index (κ3) is 3.35. The first kappa shape index (κ1) is 13.6. The molecule has 0 amide bonds. The van der Waals surface area contributed by atoms with Crippen molar-refractivity contribution in [2.75, 3.05) is 0 Å². The van der Waals surface area contributed by atoms with E-state index in [2.05, 4.69) is 46.9 Å². The first-order chi connectivity index (χ1) is 8.70. The number of hydrogen-bond acceptors (Lipinski definition) is 1. The monoisotopic (exact) mass is 308 g/mol. The van der Waals surface area contributed by atoms with Crippen molar-refractivity contribution in [2.24, 2.45) is 0 Å². The average Bonchev–Trinajstić information content (AvgIpc) is 2.72. The number of H-pyrrole nitrogens is 1. The van der Waals surface area contributed by atoms with Gasteiger partial charge in [-0.1, -0.05) is 48.5 Å². The maximum atomic E-state index is 4.69. The molecule has 0 aliphatic heterocycles. The summed E-state index contributed by atoms with van der Waals surface area (Å²) in [7, 11) is 0. The van der Waals surface area contributed by atoms with Gasteiger partial charge in [-0.2, -0.15) is 0 Å². The van der Waals surface area contributed by atoms with E-state index in [1.807, 2.05) is 0 Å². The van der Waals surface area contributed by atoms with Crippen LogP contribution in [-0.2, 0) is 6.42 Å². The molecule has 0 aliphatic rings. The highest BCUT2D eigenvalue weighted by molar-refractivity contribution is 9.10. The number of nitrogens with zero attached hydrogens (tertiary/aromatic N) is 1. The van der Waals surface area contributed by atoms with Crippen LogP contribution < -0.4 is 0 Å². The number of imidazole rings is 1. The van der Waals surface area contributed by atoms with Crippen LogP contribution in [0.25, 0.3) is 11.0 Å². The molecule has 1 aromatic carbocycles. The molecule has 0 saturated carbocycles. The Hall–Kier alpha value is -0.830. The van der Waals surface area contributed by atoms with Crippen LogP contribution in [0.5, 0.6) is 0 Å². The zero-order valence-electron chi connectivity index (χ0n) is 11.2. The van der Waals surface area contributed by atoms with E-state index < -0.39 is 0 Å². The number of aromatic amines is 1. The topological polar surface area (TPSA) is 28.7 Å². The molecule has 0 aliphatic carbocycles. The van der Waals surface area contributed by atoms with E-state index in [4.69, 9.17) is 4.98 Å². The third-order valence-corrected chi connectivity index (χ3v) is 3.77. The molecule has 1 N–H and O–H groups in total. The highest BCUT2D eigenvalue weighted by Crippen LogP contribution is 2.22. The summed E-state index contributed by atoms with van der Waals surface area (Å²) >= 11 is 3.53. The number of hydrogen-bond donors (Lipinski definition) is 1. The van der Waals surface area contributed by atoms with Gasteiger partial charge in [-0.3, -0.25) is 0 Å². The maximum absolute atomic E-state index is 4.69. The van der Waals surface area contributed by atoms with Gasteiger partial charge in [-0.25, -0.2) is 4.98 Å². The standard InChI is InChI=1S/C15H21BrN2/c1-3-4-5-6-7-8-14-17-13-10-12(16)9-11(2)15(13)18-14/h9-10H,3-8H2,1-2H3,(H,17,18). The normalized spacial score (nSPS) is 11.3. The fourth-order valence-corrected chi connectivity index (χ4v) is 2.88. The molecule has 0 spiro atoms. The molecule has 1 aromatic heterocycles. The summed E-state index contributed by atoms with van der Waals surface area (Å²) < 4.78 is 1.12. The smallest absolute Gasteiger partial charge is 0.107 e. The molecule has 2 nitrogen and oxygen atoms in total. The Bertz CT molecular complexity index is 516. The summed E-state index contributed by atoms with van der Waals surface area (Å²) in [4.78, 5) is 8.12. The van der Waals surface area contributed by atoms with Gasteiger partial charge in [0.1, 0.15) is 5.82 Å². The minimum atomic E-state index is 1.06. The number of rotatable bonds is 6. The number of nitrogens with one attached hydrogen (secondary N) is 1. The Labute approximate surface area is 117 Å². The van der Waals surface area contributed by atoms with Crippen molar-refractivity contribution in [3.63, 3.8) is 0 Å². The first-order valence-electron chi connectivity index (χ1n) is 6.85. The van der Waals surface area contributed by atoms with Gasteiger partial charge in [0.15, 0.2) is 0 Å². The van der Waals surface area contributed by atoms with Crippen molar-refractivity contribution < 1.29 is 0 Å².